The Hall–Kier alpha value is -2.90. The lowest BCUT2D eigenvalue weighted by molar-refractivity contribution is -0.114. The Morgan fingerprint density at radius 1 is 1.12 bits per heavy atom. The van der Waals surface area contributed by atoms with Crippen molar-refractivity contribution in [2.45, 2.75) is 55.9 Å². The number of halogens is 1. The molecule has 0 aromatic carbocycles. The van der Waals surface area contributed by atoms with Gasteiger partial charge >= 0.3 is 0 Å². The van der Waals surface area contributed by atoms with Crippen LogP contribution in [0.4, 0.5) is 10.2 Å². The summed E-state index contributed by atoms with van der Waals surface area (Å²) < 4.78 is 61.2. The second kappa shape index (κ2) is 13.8. The van der Waals surface area contributed by atoms with Crippen LogP contribution in [0.5, 0.6) is 0 Å². The van der Waals surface area contributed by atoms with E-state index in [4.69, 9.17) is 37.7 Å². The topological polar surface area (TPSA) is 202 Å². The molecule has 0 bridgehead atoms. The number of imidazole rings is 3. The molecule has 2 unspecified atom stereocenters. The van der Waals surface area contributed by atoms with Gasteiger partial charge in [-0.2, -0.15) is 0 Å². The summed E-state index contributed by atoms with van der Waals surface area (Å²) in [5.41, 5.74) is 6.22. The molecule has 0 amide bonds. The first-order valence-electron chi connectivity index (χ1n) is 14.8. The van der Waals surface area contributed by atoms with Crippen molar-refractivity contribution in [1.82, 2.24) is 43.4 Å². The number of fused-ring (bicyclic) bond motifs is 3. The summed E-state index contributed by atoms with van der Waals surface area (Å²) in [5, 5.41) is 0. The minimum Gasteiger partial charge on any atom is -0.382 e. The van der Waals surface area contributed by atoms with Crippen LogP contribution in [0.2, 0.25) is 0 Å². The predicted octanol–water partition coefficient (Wildman–Crippen LogP) is 1.92. The largest absolute Gasteiger partial charge is 0.382 e. The molecule has 22 heteroatoms. The van der Waals surface area contributed by atoms with E-state index >= 15 is 4.39 Å². The molecule has 7 rings (SSSR count). The van der Waals surface area contributed by atoms with Gasteiger partial charge in [0.1, 0.15) is 35.3 Å². The van der Waals surface area contributed by atoms with Crippen LogP contribution in [-0.2, 0) is 32.0 Å². The number of nitrogens with one attached hydrogen (secondary N) is 1. The molecule has 5 aromatic heterocycles. The van der Waals surface area contributed by atoms with Gasteiger partial charge in [0.2, 0.25) is 5.78 Å². The Morgan fingerprint density at radius 2 is 1.92 bits per heavy atom. The van der Waals surface area contributed by atoms with Gasteiger partial charge in [-0.05, 0) is 19.3 Å². The second-order valence-corrected chi connectivity index (χ2v) is 12.6. The van der Waals surface area contributed by atoms with Gasteiger partial charge in [-0.15, -0.1) is 0 Å². The van der Waals surface area contributed by atoms with Crippen LogP contribution in [0, 0.1) is 5.92 Å². The van der Waals surface area contributed by atoms with E-state index in [0.717, 1.165) is 0 Å². The highest BCUT2D eigenvalue weighted by atomic mass is 32.1. The van der Waals surface area contributed by atoms with E-state index < -0.39 is 51.6 Å². The summed E-state index contributed by atoms with van der Waals surface area (Å²) in [6, 6.07) is 0. The molecule has 48 heavy (non-hydrogen) atoms. The average Bonchev–Trinajstić information content (AvgIpc) is 3.91. The normalized spacial score (nSPS) is 29.5. The van der Waals surface area contributed by atoms with Crippen LogP contribution in [0.3, 0.4) is 0 Å². The Kier molecular flexibility index (Phi) is 9.64. The molecule has 0 radical (unpaired) electrons. The van der Waals surface area contributed by atoms with Gasteiger partial charge in [0, 0.05) is 34.9 Å². The van der Waals surface area contributed by atoms with Crippen LogP contribution in [0.15, 0.2) is 36.2 Å². The molecule has 2 fully saturated rings. The molecule has 0 spiro atoms. The van der Waals surface area contributed by atoms with Crippen molar-refractivity contribution in [3.63, 3.8) is 0 Å². The number of methoxy groups -OCH3 is 1. The zero-order valence-corrected chi connectivity index (χ0v) is 28.6. The molecule has 7 heterocycles. The third-order valence-electron chi connectivity index (χ3n) is 8.94. The first kappa shape index (κ1) is 33.6. The maximum atomic E-state index is 15.6. The molecule has 258 valence electrons. The Bertz CT molecular complexity index is 1960. The molecular formula is C26H33FN10O8P2S. The smallest absolute Gasteiger partial charge is 0.287 e. The number of alkyl halides is 1. The van der Waals surface area contributed by atoms with Gasteiger partial charge < -0.3 is 42.7 Å². The number of aromatic nitrogens is 9. The predicted molar refractivity (Wildman–Crippen MR) is 175 cm³/mol. The van der Waals surface area contributed by atoms with E-state index in [0.29, 0.717) is 29.0 Å². The molecule has 0 aliphatic carbocycles. The summed E-state index contributed by atoms with van der Waals surface area (Å²) in [6.45, 7) is 2.25. The minimum atomic E-state index is -1.62. The van der Waals surface area contributed by atoms with Crippen molar-refractivity contribution in [3.8, 4) is 0 Å². The van der Waals surface area contributed by atoms with Gasteiger partial charge in [-0.25, -0.2) is 33.7 Å². The van der Waals surface area contributed by atoms with E-state index in [2.05, 4.69) is 52.3 Å². The quantitative estimate of drug-likeness (QED) is 0.0687. The number of nitrogen functional groups attached to an aromatic ring is 1. The van der Waals surface area contributed by atoms with Crippen LogP contribution < -0.4 is 11.3 Å². The number of nitrogens with zero attached hydrogens (tertiary/aromatic N) is 8. The fraction of sp³-hybridized carbons (Fsp3) is 0.538. The van der Waals surface area contributed by atoms with Crippen molar-refractivity contribution >= 4 is 65.3 Å². The van der Waals surface area contributed by atoms with E-state index in [1.165, 1.54) is 34.0 Å². The van der Waals surface area contributed by atoms with Gasteiger partial charge in [0.25, 0.3) is 5.56 Å². The van der Waals surface area contributed by atoms with E-state index in [-0.39, 0.29) is 42.6 Å². The summed E-state index contributed by atoms with van der Waals surface area (Å²) in [5.74, 6) is 0.240. The van der Waals surface area contributed by atoms with Crippen molar-refractivity contribution in [2.24, 2.45) is 5.92 Å². The Morgan fingerprint density at radius 3 is 2.69 bits per heavy atom. The van der Waals surface area contributed by atoms with Gasteiger partial charge in [-0.3, -0.25) is 13.9 Å². The molecule has 2 aliphatic rings. The van der Waals surface area contributed by atoms with E-state index in [9.17, 15) is 4.79 Å². The van der Waals surface area contributed by atoms with Crippen molar-refractivity contribution < 1.29 is 36.4 Å². The highest BCUT2D eigenvalue weighted by Crippen LogP contribution is 2.47. The number of anilines is 1. The highest BCUT2D eigenvalue weighted by Gasteiger charge is 2.56. The first-order valence-corrected chi connectivity index (χ1v) is 16.5. The lowest BCUT2D eigenvalue weighted by atomic mass is 9.84. The Labute approximate surface area is 281 Å². The van der Waals surface area contributed by atoms with Crippen LogP contribution in [0.1, 0.15) is 25.8 Å². The van der Waals surface area contributed by atoms with Crippen molar-refractivity contribution in [2.75, 3.05) is 32.7 Å². The van der Waals surface area contributed by atoms with Gasteiger partial charge in [0.05, 0.1) is 32.5 Å². The van der Waals surface area contributed by atoms with E-state index in [1.54, 1.807) is 18.0 Å². The lowest BCUT2D eigenvalue weighted by Crippen LogP contribution is -2.44. The molecule has 2 saturated heterocycles. The number of nitrogens with two attached hydrogens (primary N) is 1. The van der Waals surface area contributed by atoms with Crippen LogP contribution >= 0.6 is 31.4 Å². The zero-order valence-electron chi connectivity index (χ0n) is 25.6. The third-order valence-corrected chi connectivity index (χ3v) is 9.92. The number of aromatic amines is 1. The molecule has 10 atom stereocenters. The zero-order chi connectivity index (χ0) is 33.6. The van der Waals surface area contributed by atoms with Crippen LogP contribution in [0.25, 0.3) is 28.1 Å². The van der Waals surface area contributed by atoms with E-state index in [1.807, 2.05) is 6.92 Å². The summed E-state index contributed by atoms with van der Waals surface area (Å²) in [7, 11) is 3.38. The van der Waals surface area contributed by atoms with Gasteiger partial charge in [0.15, 0.2) is 50.7 Å². The number of H-pyrrole nitrogens is 1. The molecule has 2 aliphatic heterocycles. The number of ether oxygens (including phenoxy) is 3. The third kappa shape index (κ3) is 5.57. The van der Waals surface area contributed by atoms with Crippen molar-refractivity contribution in [3.05, 3.63) is 41.7 Å². The average molecular weight is 727 g/mol. The molecule has 3 N–H and O–H groups in total. The molecule has 0 saturated carbocycles. The molecule has 5 aromatic rings. The standard InChI is InChI=1S/C26H33FN10O8P2S/c1-3-26(8-40-46)12(17(39-2)24(44-26)36-10-32-15-19(28)30-9-31-20(15)36)6-41-47-42-7-13-14(27)18(45-48)23(43-13)37-11-33-16-21(37)34-25-29-4-5-35(25)22(16)38/h4-5,9-14,17-18,23-24,47-48H,3,6-8,46H2,1-2H3,(H,29,34)(H2,28,30,31)/t12-,13+,14+,17+,18+,23+,24+,26+/m0/s1. The summed E-state index contributed by atoms with van der Waals surface area (Å²) >= 11 is 3.90. The maximum Gasteiger partial charge on any atom is 0.287 e. The SMILES string of the molecule is CC[C@]1(COP)O[C@@H](n2cnc3c(N)ncnc32)[C@H](OC)[C@@H]1COPOC[C@H]1O[C@@H](n2cnc3c(=O)n4ccnc4[nH]c32)[C@H](OS)[C@@H]1F. The minimum absolute atomic E-state index is 0.133. The number of thiol groups is 1. The van der Waals surface area contributed by atoms with Crippen molar-refractivity contribution in [1.29, 1.82) is 0 Å². The molecular weight excluding hydrogens is 693 g/mol. The monoisotopic (exact) mass is 726 g/mol. The molecule has 18 nitrogen and oxygen atoms in total. The fourth-order valence-corrected chi connectivity index (χ4v) is 7.55. The second-order valence-electron chi connectivity index (χ2n) is 11.3. The highest BCUT2D eigenvalue weighted by molar-refractivity contribution is 7.75. The Balaban J connectivity index is 1.02. The summed E-state index contributed by atoms with van der Waals surface area (Å²) in [6.07, 6.45) is 2.02. The number of rotatable bonds is 13. The van der Waals surface area contributed by atoms with Gasteiger partial charge in [-0.1, -0.05) is 6.92 Å². The number of hydrogen-bond acceptors (Lipinski definition) is 15. The lowest BCUT2D eigenvalue weighted by Gasteiger charge is -2.33. The number of hydrogen-bond donors (Lipinski definition) is 3. The van der Waals surface area contributed by atoms with Crippen LogP contribution in [-0.4, -0.2) is 100 Å². The maximum absolute atomic E-state index is 15.6. The fourth-order valence-electron chi connectivity index (χ4n) is 6.48. The first-order chi connectivity index (χ1) is 23.4. The summed E-state index contributed by atoms with van der Waals surface area (Å²) in [4.78, 5) is 37.0.